The molecule has 0 saturated heterocycles. The molecule has 2 aromatic heterocycles. The Labute approximate surface area is 127 Å². The van der Waals surface area contributed by atoms with Crippen molar-refractivity contribution in [3.8, 4) is 0 Å². The van der Waals surface area contributed by atoms with Gasteiger partial charge in [0.1, 0.15) is 0 Å². The second kappa shape index (κ2) is 4.97. The minimum Gasteiger partial charge on any atom is -0.152 e. The average molecular weight is 358 g/mol. The van der Waals surface area contributed by atoms with Gasteiger partial charge in [0.15, 0.2) is 0 Å². The Morgan fingerprint density at radius 1 is 1.17 bits per heavy atom. The Morgan fingerprint density at radius 2 is 2.00 bits per heavy atom. The third-order valence-electron chi connectivity index (χ3n) is 3.02. The molecule has 92 valence electrons. The molecular formula is C14H10BrClS2. The molecule has 1 aromatic carbocycles. The number of hydrogen-bond acceptors (Lipinski definition) is 2. The number of alkyl halides is 1. The SMILES string of the molecule is Cc1cscc1C(Cl)c1csc2c(Br)cccc12. The fourth-order valence-corrected chi connectivity index (χ4v) is 5.13. The zero-order chi connectivity index (χ0) is 12.7. The molecule has 0 N–H and O–H groups in total. The molecule has 0 nitrogen and oxygen atoms in total. The summed E-state index contributed by atoms with van der Waals surface area (Å²) in [6, 6.07) is 6.28. The van der Waals surface area contributed by atoms with Crippen molar-refractivity contribution in [2.75, 3.05) is 0 Å². The van der Waals surface area contributed by atoms with Crippen molar-refractivity contribution in [2.45, 2.75) is 12.3 Å². The number of halogens is 2. The maximum absolute atomic E-state index is 6.65. The summed E-state index contributed by atoms with van der Waals surface area (Å²) in [7, 11) is 0. The van der Waals surface area contributed by atoms with Crippen molar-refractivity contribution in [3.05, 3.63) is 55.5 Å². The highest BCUT2D eigenvalue weighted by Crippen LogP contribution is 2.41. The van der Waals surface area contributed by atoms with Crippen LogP contribution in [0.5, 0.6) is 0 Å². The maximum Gasteiger partial charge on any atom is 0.0860 e. The van der Waals surface area contributed by atoms with E-state index in [-0.39, 0.29) is 5.38 Å². The predicted octanol–water partition coefficient (Wildman–Crippen LogP) is 6.36. The quantitative estimate of drug-likeness (QED) is 0.468. The van der Waals surface area contributed by atoms with Crippen molar-refractivity contribution in [1.82, 2.24) is 0 Å². The molecular weight excluding hydrogens is 348 g/mol. The van der Waals surface area contributed by atoms with E-state index in [4.69, 9.17) is 11.6 Å². The van der Waals surface area contributed by atoms with E-state index in [1.165, 1.54) is 26.8 Å². The summed E-state index contributed by atoms with van der Waals surface area (Å²) in [4.78, 5) is 0. The van der Waals surface area contributed by atoms with E-state index in [2.05, 4.69) is 57.2 Å². The molecule has 4 heteroatoms. The van der Waals surface area contributed by atoms with Crippen LogP contribution < -0.4 is 0 Å². The van der Waals surface area contributed by atoms with Crippen LogP contribution >= 0.6 is 50.2 Å². The van der Waals surface area contributed by atoms with Crippen LogP contribution in [0.2, 0.25) is 0 Å². The van der Waals surface area contributed by atoms with Gasteiger partial charge >= 0.3 is 0 Å². The highest BCUT2D eigenvalue weighted by Gasteiger charge is 2.18. The number of aryl methyl sites for hydroxylation is 1. The molecule has 0 aliphatic carbocycles. The molecule has 2 heterocycles. The van der Waals surface area contributed by atoms with Gasteiger partial charge in [0.05, 0.1) is 5.38 Å². The number of fused-ring (bicyclic) bond motifs is 1. The van der Waals surface area contributed by atoms with Gasteiger partial charge < -0.3 is 0 Å². The predicted molar refractivity (Wildman–Crippen MR) is 86.3 cm³/mol. The molecule has 1 atom stereocenters. The molecule has 3 aromatic rings. The first-order chi connectivity index (χ1) is 8.68. The summed E-state index contributed by atoms with van der Waals surface area (Å²) in [6.45, 7) is 2.12. The van der Waals surface area contributed by atoms with Gasteiger partial charge in [0.2, 0.25) is 0 Å². The topological polar surface area (TPSA) is 0 Å². The molecule has 0 amide bonds. The van der Waals surface area contributed by atoms with Crippen molar-refractivity contribution >= 4 is 60.3 Å². The summed E-state index contributed by atoms with van der Waals surface area (Å²) in [5.74, 6) is 0. The van der Waals surface area contributed by atoms with Gasteiger partial charge in [-0.1, -0.05) is 12.1 Å². The van der Waals surface area contributed by atoms with Crippen LogP contribution in [0, 0.1) is 6.92 Å². The number of benzene rings is 1. The third kappa shape index (κ3) is 2.03. The van der Waals surface area contributed by atoms with Crippen LogP contribution in [-0.4, -0.2) is 0 Å². The maximum atomic E-state index is 6.65. The molecule has 0 spiro atoms. The smallest absolute Gasteiger partial charge is 0.0860 e. The third-order valence-corrected chi connectivity index (χ3v) is 6.34. The minimum absolute atomic E-state index is 0.0562. The summed E-state index contributed by atoms with van der Waals surface area (Å²) >= 11 is 13.7. The first-order valence-electron chi connectivity index (χ1n) is 5.51. The van der Waals surface area contributed by atoms with E-state index in [0.29, 0.717) is 0 Å². The Bertz CT molecular complexity index is 699. The van der Waals surface area contributed by atoms with Gasteiger partial charge in [-0.2, -0.15) is 11.3 Å². The Hall–Kier alpha value is -0.350. The Balaban J connectivity index is 2.16. The molecule has 1 unspecified atom stereocenters. The molecule has 18 heavy (non-hydrogen) atoms. The average Bonchev–Trinajstić information content (AvgIpc) is 2.95. The van der Waals surface area contributed by atoms with Crippen molar-refractivity contribution < 1.29 is 0 Å². The van der Waals surface area contributed by atoms with Gasteiger partial charge in [-0.15, -0.1) is 22.9 Å². The van der Waals surface area contributed by atoms with Crippen LogP contribution in [0.15, 0.2) is 38.8 Å². The summed E-state index contributed by atoms with van der Waals surface area (Å²) < 4.78 is 2.41. The van der Waals surface area contributed by atoms with E-state index in [0.717, 1.165) is 4.47 Å². The molecule has 0 fully saturated rings. The summed E-state index contributed by atoms with van der Waals surface area (Å²) in [6.07, 6.45) is 0. The normalized spacial score (nSPS) is 13.1. The van der Waals surface area contributed by atoms with E-state index in [9.17, 15) is 0 Å². The van der Waals surface area contributed by atoms with Crippen LogP contribution in [-0.2, 0) is 0 Å². The van der Waals surface area contributed by atoms with E-state index >= 15 is 0 Å². The van der Waals surface area contributed by atoms with E-state index in [1.807, 2.05) is 0 Å². The zero-order valence-electron chi connectivity index (χ0n) is 9.61. The summed E-state index contributed by atoms with van der Waals surface area (Å²) in [5, 5.41) is 7.66. The lowest BCUT2D eigenvalue weighted by Crippen LogP contribution is -1.91. The number of hydrogen-bond donors (Lipinski definition) is 0. The number of thiophene rings is 2. The largest absolute Gasteiger partial charge is 0.152 e. The minimum atomic E-state index is -0.0562. The zero-order valence-corrected chi connectivity index (χ0v) is 13.6. The number of rotatable bonds is 2. The van der Waals surface area contributed by atoms with E-state index < -0.39 is 0 Å². The fourth-order valence-electron chi connectivity index (χ4n) is 2.04. The van der Waals surface area contributed by atoms with Gasteiger partial charge in [0.25, 0.3) is 0 Å². The van der Waals surface area contributed by atoms with Crippen molar-refractivity contribution in [1.29, 1.82) is 0 Å². The molecule has 0 aliphatic rings. The van der Waals surface area contributed by atoms with Crippen LogP contribution in [0.1, 0.15) is 22.1 Å². The molecule has 0 radical (unpaired) electrons. The van der Waals surface area contributed by atoms with Gasteiger partial charge in [0, 0.05) is 9.17 Å². The van der Waals surface area contributed by atoms with Crippen LogP contribution in [0.25, 0.3) is 10.1 Å². The highest BCUT2D eigenvalue weighted by atomic mass is 79.9. The second-order valence-electron chi connectivity index (χ2n) is 4.18. The lowest BCUT2D eigenvalue weighted by atomic mass is 10.0. The Morgan fingerprint density at radius 3 is 2.72 bits per heavy atom. The monoisotopic (exact) mass is 356 g/mol. The highest BCUT2D eigenvalue weighted by molar-refractivity contribution is 9.10. The lowest BCUT2D eigenvalue weighted by Gasteiger charge is -2.08. The standard InChI is InChI=1S/C14H10BrClS2/c1-8-5-17-6-10(8)13(16)11-7-18-14-9(11)3-2-4-12(14)15/h2-7,13H,1H3. The first kappa shape index (κ1) is 12.7. The molecule has 3 rings (SSSR count). The first-order valence-corrected chi connectivity index (χ1v) is 8.56. The van der Waals surface area contributed by atoms with Crippen molar-refractivity contribution in [3.63, 3.8) is 0 Å². The van der Waals surface area contributed by atoms with Gasteiger partial charge in [-0.3, -0.25) is 0 Å². The van der Waals surface area contributed by atoms with Gasteiger partial charge in [-0.25, -0.2) is 0 Å². The molecule has 0 saturated carbocycles. The molecule has 0 bridgehead atoms. The second-order valence-corrected chi connectivity index (χ2v) is 7.09. The van der Waals surface area contributed by atoms with Gasteiger partial charge in [-0.05, 0) is 67.1 Å². The molecule has 0 aliphatic heterocycles. The summed E-state index contributed by atoms with van der Waals surface area (Å²) in [5.41, 5.74) is 3.70. The van der Waals surface area contributed by atoms with E-state index in [1.54, 1.807) is 22.7 Å². The van der Waals surface area contributed by atoms with Crippen molar-refractivity contribution in [2.24, 2.45) is 0 Å². The van der Waals surface area contributed by atoms with Crippen LogP contribution in [0.3, 0.4) is 0 Å². The van der Waals surface area contributed by atoms with Crippen LogP contribution in [0.4, 0.5) is 0 Å². The lowest BCUT2D eigenvalue weighted by molar-refractivity contribution is 1.16. The Kier molecular flexibility index (Phi) is 3.50. The fraction of sp³-hybridized carbons (Fsp3) is 0.143.